The number of carbonyl (C=O) groups excluding carboxylic acids is 1. The minimum Gasteiger partial charge on any atom is -0.423 e. The fourth-order valence-corrected chi connectivity index (χ4v) is 1.66. The Hall–Kier alpha value is -2.25. The van der Waals surface area contributed by atoms with Gasteiger partial charge in [0.15, 0.2) is 0 Å². The molecule has 0 bridgehead atoms. The van der Waals surface area contributed by atoms with Gasteiger partial charge in [0.25, 0.3) is 5.91 Å². The first-order valence-corrected chi connectivity index (χ1v) is 5.70. The van der Waals surface area contributed by atoms with Crippen LogP contribution in [0.4, 0.5) is 14.5 Å². The topological polar surface area (TPSA) is 69.6 Å². The molecule has 7 heteroatoms. The summed E-state index contributed by atoms with van der Waals surface area (Å²) in [4.78, 5) is 11.9. The number of nitrogens with one attached hydrogen (secondary N) is 1. The molecule has 2 aromatic carbocycles. The van der Waals surface area contributed by atoms with Gasteiger partial charge in [-0.05, 0) is 30.3 Å². The van der Waals surface area contributed by atoms with Gasteiger partial charge in [-0.3, -0.25) is 4.79 Å². The van der Waals surface area contributed by atoms with Gasteiger partial charge in [-0.2, -0.15) is 0 Å². The van der Waals surface area contributed by atoms with Gasteiger partial charge in [0.05, 0.1) is 5.56 Å². The predicted octanol–water partition coefficient (Wildman–Crippen LogP) is 0.897. The minimum absolute atomic E-state index is 0.297. The van der Waals surface area contributed by atoms with Crippen molar-refractivity contribution in [1.82, 2.24) is 0 Å². The van der Waals surface area contributed by atoms with E-state index >= 15 is 0 Å². The van der Waals surface area contributed by atoms with E-state index in [-0.39, 0.29) is 5.56 Å². The van der Waals surface area contributed by atoms with Gasteiger partial charge in [-0.25, -0.2) is 8.78 Å². The van der Waals surface area contributed by atoms with Crippen molar-refractivity contribution >= 4 is 24.2 Å². The summed E-state index contributed by atoms with van der Waals surface area (Å²) in [7, 11) is -2.01. The molecule has 0 aromatic heterocycles. The molecule has 0 aliphatic rings. The molecule has 0 unspecified atom stereocenters. The molecular formula is C13H10BF2NO3. The SMILES string of the molecule is O=C(Nc1ccc(F)cc1)c1cccc(B(O)O)c1F. The highest BCUT2D eigenvalue weighted by Crippen LogP contribution is 2.12. The summed E-state index contributed by atoms with van der Waals surface area (Å²) < 4.78 is 26.6. The maximum atomic E-state index is 13.9. The zero-order valence-electron chi connectivity index (χ0n) is 10.2. The average molecular weight is 277 g/mol. The lowest BCUT2D eigenvalue weighted by Gasteiger charge is -2.08. The van der Waals surface area contributed by atoms with Crippen LogP contribution in [0.3, 0.4) is 0 Å². The third kappa shape index (κ3) is 3.01. The summed E-state index contributed by atoms with van der Waals surface area (Å²) in [5.74, 6) is -2.24. The Bertz CT molecular complexity index is 632. The van der Waals surface area contributed by atoms with Crippen LogP contribution in [0.2, 0.25) is 0 Å². The Morgan fingerprint density at radius 1 is 1.05 bits per heavy atom. The van der Waals surface area contributed by atoms with E-state index in [1.54, 1.807) is 0 Å². The van der Waals surface area contributed by atoms with Gasteiger partial charge in [0, 0.05) is 11.2 Å². The molecule has 0 heterocycles. The van der Waals surface area contributed by atoms with E-state index in [1.807, 2.05) is 0 Å². The molecule has 0 saturated carbocycles. The summed E-state index contributed by atoms with van der Waals surface area (Å²) >= 11 is 0. The van der Waals surface area contributed by atoms with Crippen molar-refractivity contribution in [2.45, 2.75) is 0 Å². The van der Waals surface area contributed by atoms with Gasteiger partial charge in [-0.15, -0.1) is 0 Å². The average Bonchev–Trinajstić information content (AvgIpc) is 2.41. The van der Waals surface area contributed by atoms with E-state index in [9.17, 15) is 13.6 Å². The maximum Gasteiger partial charge on any atom is 0.491 e. The number of halogens is 2. The van der Waals surface area contributed by atoms with Crippen molar-refractivity contribution in [3.63, 3.8) is 0 Å². The number of hydrogen-bond acceptors (Lipinski definition) is 3. The second kappa shape index (κ2) is 5.81. The molecule has 3 N–H and O–H groups in total. The van der Waals surface area contributed by atoms with E-state index in [0.717, 1.165) is 18.2 Å². The number of hydrogen-bond donors (Lipinski definition) is 3. The van der Waals surface area contributed by atoms with Crippen LogP contribution in [-0.4, -0.2) is 23.1 Å². The smallest absolute Gasteiger partial charge is 0.423 e. The lowest BCUT2D eigenvalue weighted by molar-refractivity contribution is 0.102. The zero-order valence-corrected chi connectivity index (χ0v) is 10.2. The number of carbonyl (C=O) groups is 1. The molecule has 102 valence electrons. The van der Waals surface area contributed by atoms with Gasteiger partial charge in [0.2, 0.25) is 0 Å². The Morgan fingerprint density at radius 2 is 1.70 bits per heavy atom. The summed E-state index contributed by atoms with van der Waals surface area (Å²) in [5.41, 5.74) is -0.428. The standard InChI is InChI=1S/C13H10BF2NO3/c15-8-4-6-9(7-5-8)17-13(18)10-2-1-3-11(12(10)16)14(19)20/h1-7,19-20H,(H,17,18). The quantitative estimate of drug-likeness (QED) is 0.730. The second-order valence-corrected chi connectivity index (χ2v) is 4.04. The van der Waals surface area contributed by atoms with Crippen LogP contribution in [0.1, 0.15) is 10.4 Å². The number of benzene rings is 2. The van der Waals surface area contributed by atoms with Crippen molar-refractivity contribution in [1.29, 1.82) is 0 Å². The first-order valence-electron chi connectivity index (χ1n) is 5.70. The molecular weight excluding hydrogens is 267 g/mol. The van der Waals surface area contributed by atoms with Crippen LogP contribution < -0.4 is 10.8 Å². The normalized spacial score (nSPS) is 10.2. The lowest BCUT2D eigenvalue weighted by Crippen LogP contribution is -2.34. The van der Waals surface area contributed by atoms with Crippen molar-refractivity contribution in [2.24, 2.45) is 0 Å². The van der Waals surface area contributed by atoms with Crippen molar-refractivity contribution in [3.05, 3.63) is 59.7 Å². The van der Waals surface area contributed by atoms with Crippen molar-refractivity contribution in [2.75, 3.05) is 5.32 Å². The first kappa shape index (κ1) is 14.2. The van der Waals surface area contributed by atoms with Crippen LogP contribution in [-0.2, 0) is 0 Å². The van der Waals surface area contributed by atoms with Crippen LogP contribution in [0.15, 0.2) is 42.5 Å². The third-order valence-corrected chi connectivity index (χ3v) is 2.65. The Morgan fingerprint density at radius 3 is 2.30 bits per heavy atom. The minimum atomic E-state index is -2.01. The Balaban J connectivity index is 2.25. The fraction of sp³-hybridized carbons (Fsp3) is 0. The molecule has 20 heavy (non-hydrogen) atoms. The molecule has 0 radical (unpaired) electrons. The molecule has 0 aliphatic carbocycles. The molecule has 0 aliphatic heterocycles. The Kier molecular flexibility index (Phi) is 4.12. The molecule has 0 saturated heterocycles. The van der Waals surface area contributed by atoms with Gasteiger partial charge in [0.1, 0.15) is 11.6 Å². The van der Waals surface area contributed by atoms with E-state index in [2.05, 4.69) is 5.32 Å². The van der Waals surface area contributed by atoms with Crippen LogP contribution in [0, 0.1) is 11.6 Å². The maximum absolute atomic E-state index is 13.9. The fourth-order valence-electron chi connectivity index (χ4n) is 1.66. The monoisotopic (exact) mass is 277 g/mol. The Labute approximate surface area is 113 Å². The van der Waals surface area contributed by atoms with Gasteiger partial charge >= 0.3 is 7.12 Å². The summed E-state index contributed by atoms with van der Waals surface area (Å²) in [6.07, 6.45) is 0. The van der Waals surface area contributed by atoms with Gasteiger partial charge < -0.3 is 15.4 Å². The van der Waals surface area contributed by atoms with E-state index in [1.165, 1.54) is 24.3 Å². The second-order valence-electron chi connectivity index (χ2n) is 4.04. The van der Waals surface area contributed by atoms with Crippen molar-refractivity contribution in [3.8, 4) is 0 Å². The molecule has 0 fully saturated rings. The predicted molar refractivity (Wildman–Crippen MR) is 70.6 cm³/mol. The molecule has 0 spiro atoms. The summed E-state index contributed by atoms with van der Waals surface area (Å²) in [6, 6.07) is 8.66. The highest BCUT2D eigenvalue weighted by atomic mass is 19.1. The van der Waals surface area contributed by atoms with Gasteiger partial charge in [-0.1, -0.05) is 12.1 Å². The van der Waals surface area contributed by atoms with E-state index in [4.69, 9.17) is 10.0 Å². The molecule has 4 nitrogen and oxygen atoms in total. The largest absolute Gasteiger partial charge is 0.491 e. The number of anilines is 1. The van der Waals surface area contributed by atoms with Crippen LogP contribution >= 0.6 is 0 Å². The third-order valence-electron chi connectivity index (χ3n) is 2.65. The van der Waals surface area contributed by atoms with Crippen LogP contribution in [0.5, 0.6) is 0 Å². The van der Waals surface area contributed by atoms with E-state index in [0.29, 0.717) is 5.69 Å². The summed E-state index contributed by atoms with van der Waals surface area (Å²) in [5, 5.41) is 20.3. The zero-order chi connectivity index (χ0) is 14.7. The highest BCUT2D eigenvalue weighted by molar-refractivity contribution is 6.58. The van der Waals surface area contributed by atoms with Crippen LogP contribution in [0.25, 0.3) is 0 Å². The molecule has 1 amide bonds. The lowest BCUT2D eigenvalue weighted by atomic mass is 9.79. The number of rotatable bonds is 3. The first-order chi connectivity index (χ1) is 9.49. The molecule has 2 aromatic rings. The highest BCUT2D eigenvalue weighted by Gasteiger charge is 2.21. The molecule has 0 atom stereocenters. The van der Waals surface area contributed by atoms with E-state index < -0.39 is 30.1 Å². The summed E-state index contributed by atoms with van der Waals surface area (Å²) in [6.45, 7) is 0. The van der Waals surface area contributed by atoms with Crippen molar-refractivity contribution < 1.29 is 23.6 Å². The number of amides is 1. The molecule has 2 rings (SSSR count).